The quantitative estimate of drug-likeness (QED) is 0.676. The van der Waals surface area contributed by atoms with Gasteiger partial charge in [-0.15, -0.1) is 0 Å². The number of fused-ring (bicyclic) bond motifs is 1. The normalized spacial score (nSPS) is 15.6. The van der Waals surface area contributed by atoms with Gasteiger partial charge in [0.1, 0.15) is 0 Å². The van der Waals surface area contributed by atoms with Crippen molar-refractivity contribution in [2.75, 3.05) is 26.3 Å². The molecular weight excluding hydrogens is 380 g/mol. The Morgan fingerprint density at radius 1 is 1.11 bits per heavy atom. The van der Waals surface area contributed by atoms with Crippen molar-refractivity contribution in [3.05, 3.63) is 59.8 Å². The van der Waals surface area contributed by atoms with Crippen LogP contribution < -0.4 is 5.32 Å². The van der Waals surface area contributed by atoms with E-state index in [0.717, 1.165) is 5.52 Å². The summed E-state index contributed by atoms with van der Waals surface area (Å²) in [5.74, 6) is -0.365. The molecule has 9 heteroatoms. The molecule has 0 unspecified atom stereocenters. The Morgan fingerprint density at radius 2 is 1.82 bits per heavy atom. The van der Waals surface area contributed by atoms with Crippen molar-refractivity contribution in [1.82, 2.24) is 19.8 Å². The van der Waals surface area contributed by atoms with Crippen LogP contribution in [0.5, 0.6) is 0 Å². The number of hydrogen-bond donors (Lipinski definition) is 2. The summed E-state index contributed by atoms with van der Waals surface area (Å²) in [6.07, 6.45) is 0. The molecule has 2 aromatic carbocycles. The lowest BCUT2D eigenvalue weighted by Crippen LogP contribution is -2.41. The maximum absolute atomic E-state index is 13.0. The maximum atomic E-state index is 13.0. The summed E-state index contributed by atoms with van der Waals surface area (Å²) in [4.78, 5) is 12.8. The Hall–Kier alpha value is -2.75. The number of aromatic amines is 1. The molecule has 0 atom stereocenters. The van der Waals surface area contributed by atoms with Gasteiger partial charge in [0.2, 0.25) is 10.0 Å². The standard InChI is InChI=1S/C19H20N4O4S/c24-19(18-15-6-2-3-7-16(15)21-22-18)20-13-14-5-1-4-8-17(14)28(25,26)23-9-11-27-12-10-23/h1-8H,9-13H2,(H,20,24)(H,21,22). The summed E-state index contributed by atoms with van der Waals surface area (Å²) in [7, 11) is -3.65. The minimum Gasteiger partial charge on any atom is -0.379 e. The number of carbonyl (C=O) groups is 1. The predicted molar refractivity (Wildman–Crippen MR) is 103 cm³/mol. The van der Waals surface area contributed by atoms with Gasteiger partial charge in [-0.25, -0.2) is 8.42 Å². The number of morpholine rings is 1. The fourth-order valence-electron chi connectivity index (χ4n) is 3.22. The van der Waals surface area contributed by atoms with Crippen LogP contribution in [0, 0.1) is 0 Å². The summed E-state index contributed by atoms with van der Waals surface area (Å²) in [6.45, 7) is 1.49. The monoisotopic (exact) mass is 400 g/mol. The first kappa shape index (κ1) is 18.6. The summed E-state index contributed by atoms with van der Waals surface area (Å²) in [6, 6.07) is 14.0. The van der Waals surface area contributed by atoms with Gasteiger partial charge < -0.3 is 10.1 Å². The molecule has 1 aliphatic rings. The fourth-order valence-corrected chi connectivity index (χ4v) is 4.85. The molecule has 1 aliphatic heterocycles. The smallest absolute Gasteiger partial charge is 0.272 e. The highest BCUT2D eigenvalue weighted by Gasteiger charge is 2.28. The first-order valence-electron chi connectivity index (χ1n) is 8.94. The van der Waals surface area contributed by atoms with Gasteiger partial charge in [-0.2, -0.15) is 9.40 Å². The van der Waals surface area contributed by atoms with Gasteiger partial charge in [0.25, 0.3) is 5.91 Å². The second-order valence-corrected chi connectivity index (χ2v) is 8.33. The average Bonchev–Trinajstić information content (AvgIpc) is 3.17. The van der Waals surface area contributed by atoms with Crippen molar-refractivity contribution in [2.24, 2.45) is 0 Å². The second-order valence-electron chi connectivity index (χ2n) is 6.42. The van der Waals surface area contributed by atoms with Crippen LogP contribution in [-0.4, -0.2) is 55.1 Å². The Balaban J connectivity index is 1.55. The Morgan fingerprint density at radius 3 is 2.64 bits per heavy atom. The zero-order valence-corrected chi connectivity index (χ0v) is 15.9. The van der Waals surface area contributed by atoms with Gasteiger partial charge in [-0.1, -0.05) is 36.4 Å². The van der Waals surface area contributed by atoms with Crippen molar-refractivity contribution in [1.29, 1.82) is 0 Å². The molecule has 2 N–H and O–H groups in total. The number of H-pyrrole nitrogens is 1. The average molecular weight is 400 g/mol. The minimum atomic E-state index is -3.65. The van der Waals surface area contributed by atoms with E-state index in [4.69, 9.17) is 4.74 Å². The molecule has 1 saturated heterocycles. The van der Waals surface area contributed by atoms with E-state index in [1.54, 1.807) is 24.3 Å². The summed E-state index contributed by atoms with van der Waals surface area (Å²) in [5, 5.41) is 10.4. The molecule has 0 aliphatic carbocycles. The molecule has 8 nitrogen and oxygen atoms in total. The van der Waals surface area contributed by atoms with Crippen molar-refractivity contribution in [2.45, 2.75) is 11.4 Å². The second kappa shape index (κ2) is 7.70. The van der Waals surface area contributed by atoms with Crippen molar-refractivity contribution >= 4 is 26.8 Å². The lowest BCUT2D eigenvalue weighted by molar-refractivity contribution is 0.0730. The molecule has 28 heavy (non-hydrogen) atoms. The fraction of sp³-hybridized carbons (Fsp3) is 0.263. The Labute approximate surface area is 162 Å². The van der Waals surface area contributed by atoms with Gasteiger partial charge in [0, 0.05) is 25.0 Å². The van der Waals surface area contributed by atoms with Crippen LogP contribution >= 0.6 is 0 Å². The zero-order valence-electron chi connectivity index (χ0n) is 15.1. The van der Waals surface area contributed by atoms with Crippen LogP contribution in [0.2, 0.25) is 0 Å². The molecule has 0 bridgehead atoms. The molecule has 1 aromatic heterocycles. The number of ether oxygens (including phenoxy) is 1. The number of nitrogens with zero attached hydrogens (tertiary/aromatic N) is 2. The molecule has 146 valence electrons. The van der Waals surface area contributed by atoms with Gasteiger partial charge in [-0.3, -0.25) is 9.89 Å². The van der Waals surface area contributed by atoms with Crippen molar-refractivity contribution in [3.8, 4) is 0 Å². The number of aromatic nitrogens is 2. The van der Waals surface area contributed by atoms with Crippen LogP contribution in [0.1, 0.15) is 16.1 Å². The number of amides is 1. The maximum Gasteiger partial charge on any atom is 0.272 e. The number of sulfonamides is 1. The molecule has 0 spiro atoms. The first-order valence-corrected chi connectivity index (χ1v) is 10.4. The van der Waals surface area contributed by atoms with E-state index in [2.05, 4.69) is 15.5 Å². The summed E-state index contributed by atoms with van der Waals surface area (Å²) < 4.78 is 32.7. The van der Waals surface area contributed by atoms with Crippen LogP contribution in [0.4, 0.5) is 0 Å². The third-order valence-electron chi connectivity index (χ3n) is 4.69. The summed E-state index contributed by atoms with van der Waals surface area (Å²) >= 11 is 0. The molecule has 2 heterocycles. The zero-order chi connectivity index (χ0) is 19.6. The third-order valence-corrected chi connectivity index (χ3v) is 6.68. The number of rotatable bonds is 5. The van der Waals surface area contributed by atoms with Crippen molar-refractivity contribution in [3.63, 3.8) is 0 Å². The number of benzene rings is 2. The predicted octanol–water partition coefficient (Wildman–Crippen LogP) is 1.51. The number of para-hydroxylation sites is 1. The lowest BCUT2D eigenvalue weighted by Gasteiger charge is -2.27. The Bertz CT molecular complexity index is 1100. The summed E-state index contributed by atoms with van der Waals surface area (Å²) in [5.41, 5.74) is 1.58. The van der Waals surface area contributed by atoms with Crippen molar-refractivity contribution < 1.29 is 17.9 Å². The third kappa shape index (κ3) is 3.51. The van der Waals surface area contributed by atoms with E-state index >= 15 is 0 Å². The molecule has 3 aromatic rings. The van der Waals surface area contributed by atoms with E-state index < -0.39 is 10.0 Å². The number of nitrogens with one attached hydrogen (secondary N) is 2. The van der Waals surface area contributed by atoms with E-state index in [9.17, 15) is 13.2 Å². The molecule has 1 amide bonds. The largest absolute Gasteiger partial charge is 0.379 e. The van der Waals surface area contributed by atoms with E-state index in [1.807, 2.05) is 24.3 Å². The van der Waals surface area contributed by atoms with Crippen LogP contribution in [0.15, 0.2) is 53.4 Å². The van der Waals surface area contributed by atoms with Crippen LogP contribution in [0.25, 0.3) is 10.9 Å². The first-order chi connectivity index (χ1) is 13.6. The molecule has 0 radical (unpaired) electrons. The highest BCUT2D eigenvalue weighted by Crippen LogP contribution is 2.21. The molecule has 4 rings (SSSR count). The topological polar surface area (TPSA) is 104 Å². The number of carbonyl (C=O) groups excluding carboxylic acids is 1. The number of hydrogen-bond acceptors (Lipinski definition) is 5. The van der Waals surface area contributed by atoms with Gasteiger partial charge >= 0.3 is 0 Å². The molecule has 0 saturated carbocycles. The van der Waals surface area contributed by atoms with Gasteiger partial charge in [-0.05, 0) is 17.7 Å². The van der Waals surface area contributed by atoms with Crippen LogP contribution in [0.3, 0.4) is 0 Å². The van der Waals surface area contributed by atoms with E-state index in [0.29, 0.717) is 37.3 Å². The Kier molecular flexibility index (Phi) is 5.12. The van der Waals surface area contributed by atoms with E-state index in [-0.39, 0.29) is 23.0 Å². The molecular formula is C19H20N4O4S. The van der Waals surface area contributed by atoms with Gasteiger partial charge in [0.05, 0.1) is 23.6 Å². The van der Waals surface area contributed by atoms with Gasteiger partial charge in [0.15, 0.2) is 5.69 Å². The highest BCUT2D eigenvalue weighted by atomic mass is 32.2. The lowest BCUT2D eigenvalue weighted by atomic mass is 10.2. The van der Waals surface area contributed by atoms with E-state index in [1.165, 1.54) is 4.31 Å². The molecule has 1 fully saturated rings. The highest BCUT2D eigenvalue weighted by molar-refractivity contribution is 7.89. The van der Waals surface area contributed by atoms with Crippen LogP contribution in [-0.2, 0) is 21.3 Å². The minimum absolute atomic E-state index is 0.0831. The SMILES string of the molecule is O=C(NCc1ccccc1S(=O)(=O)N1CCOCC1)c1n[nH]c2ccccc12.